The van der Waals surface area contributed by atoms with Crippen LogP contribution in [0.1, 0.15) is 38.2 Å². The van der Waals surface area contributed by atoms with Crippen molar-refractivity contribution < 1.29 is 0 Å². The molecule has 0 atom stereocenters. The number of hydrogen-bond donors (Lipinski definition) is 0. The molecule has 0 unspecified atom stereocenters. The molecule has 0 bridgehead atoms. The van der Waals surface area contributed by atoms with Crippen LogP contribution in [0.15, 0.2) is 6.07 Å². The normalized spacial score (nSPS) is 11.9. The molecule has 0 aliphatic rings. The SMILES string of the molecule is Cc1nc(C)n(-c2cc(Cl)nc(C(C)(C)C)n2)n1. The predicted molar refractivity (Wildman–Crippen MR) is 70.1 cm³/mol. The van der Waals surface area contributed by atoms with E-state index in [1.165, 1.54) is 0 Å². The van der Waals surface area contributed by atoms with Gasteiger partial charge in [0.25, 0.3) is 0 Å². The zero-order valence-electron chi connectivity index (χ0n) is 11.2. The Balaban J connectivity index is 2.59. The lowest BCUT2D eigenvalue weighted by Crippen LogP contribution is -2.18. The summed E-state index contributed by atoms with van der Waals surface area (Å²) in [5.74, 6) is 2.83. The highest BCUT2D eigenvalue weighted by molar-refractivity contribution is 6.29. The van der Waals surface area contributed by atoms with Crippen molar-refractivity contribution in [3.63, 3.8) is 0 Å². The number of nitrogens with zero attached hydrogens (tertiary/aromatic N) is 5. The highest BCUT2D eigenvalue weighted by Crippen LogP contribution is 2.22. The molecule has 0 aromatic carbocycles. The molecule has 0 amide bonds. The summed E-state index contributed by atoms with van der Waals surface area (Å²) >= 11 is 6.05. The summed E-state index contributed by atoms with van der Waals surface area (Å²) in [6, 6.07) is 1.69. The van der Waals surface area contributed by atoms with Gasteiger partial charge in [-0.2, -0.15) is 4.68 Å². The molecule has 96 valence electrons. The fourth-order valence-electron chi connectivity index (χ4n) is 1.59. The van der Waals surface area contributed by atoms with Crippen LogP contribution in [0.5, 0.6) is 0 Å². The van der Waals surface area contributed by atoms with Crippen LogP contribution in [0.4, 0.5) is 0 Å². The van der Waals surface area contributed by atoms with Gasteiger partial charge in [0, 0.05) is 11.5 Å². The number of hydrogen-bond acceptors (Lipinski definition) is 4. The van der Waals surface area contributed by atoms with Gasteiger partial charge < -0.3 is 0 Å². The van der Waals surface area contributed by atoms with E-state index in [4.69, 9.17) is 11.6 Å². The maximum Gasteiger partial charge on any atom is 0.160 e. The predicted octanol–water partition coefficient (Wildman–Crippen LogP) is 2.63. The van der Waals surface area contributed by atoms with Crippen molar-refractivity contribution in [3.05, 3.63) is 28.7 Å². The third-order valence-electron chi connectivity index (χ3n) is 2.44. The number of rotatable bonds is 1. The fraction of sp³-hybridized carbons (Fsp3) is 0.500. The van der Waals surface area contributed by atoms with Gasteiger partial charge in [0.2, 0.25) is 0 Å². The van der Waals surface area contributed by atoms with Gasteiger partial charge in [0.15, 0.2) is 5.82 Å². The van der Waals surface area contributed by atoms with Crippen molar-refractivity contribution in [3.8, 4) is 5.82 Å². The fourth-order valence-corrected chi connectivity index (χ4v) is 1.77. The van der Waals surface area contributed by atoms with E-state index in [0.29, 0.717) is 22.6 Å². The molecule has 2 heterocycles. The molecule has 0 saturated carbocycles. The Labute approximate surface area is 111 Å². The number of halogens is 1. The van der Waals surface area contributed by atoms with Gasteiger partial charge in [0.05, 0.1) is 0 Å². The molecule has 0 radical (unpaired) electrons. The summed E-state index contributed by atoms with van der Waals surface area (Å²) in [4.78, 5) is 13.0. The molecular weight excluding hydrogens is 250 g/mol. The van der Waals surface area contributed by atoms with Gasteiger partial charge in [-0.05, 0) is 13.8 Å². The number of aromatic nitrogens is 5. The van der Waals surface area contributed by atoms with Crippen molar-refractivity contribution in [2.24, 2.45) is 0 Å². The van der Waals surface area contributed by atoms with Crippen molar-refractivity contribution in [2.75, 3.05) is 0 Å². The maximum atomic E-state index is 6.05. The van der Waals surface area contributed by atoms with Crippen LogP contribution >= 0.6 is 11.6 Å². The zero-order chi connectivity index (χ0) is 13.5. The Hall–Kier alpha value is -1.49. The van der Waals surface area contributed by atoms with E-state index < -0.39 is 0 Å². The van der Waals surface area contributed by atoms with Crippen molar-refractivity contribution in [1.29, 1.82) is 0 Å². The van der Waals surface area contributed by atoms with Gasteiger partial charge in [-0.3, -0.25) is 0 Å². The van der Waals surface area contributed by atoms with Crippen LogP contribution in [-0.2, 0) is 5.41 Å². The van der Waals surface area contributed by atoms with E-state index in [1.807, 2.05) is 34.6 Å². The summed E-state index contributed by atoms with van der Waals surface area (Å²) in [5.41, 5.74) is -0.164. The van der Waals surface area contributed by atoms with Crippen LogP contribution < -0.4 is 0 Å². The highest BCUT2D eigenvalue weighted by atomic mass is 35.5. The lowest BCUT2D eigenvalue weighted by atomic mass is 9.96. The van der Waals surface area contributed by atoms with E-state index in [9.17, 15) is 0 Å². The Kier molecular flexibility index (Phi) is 3.11. The second-order valence-corrected chi connectivity index (χ2v) is 5.63. The Bertz CT molecular complexity index is 583. The first kappa shape index (κ1) is 13.0. The maximum absolute atomic E-state index is 6.05. The molecule has 5 nitrogen and oxygen atoms in total. The van der Waals surface area contributed by atoms with Crippen molar-refractivity contribution in [1.82, 2.24) is 24.7 Å². The van der Waals surface area contributed by atoms with Crippen LogP contribution in [-0.4, -0.2) is 24.7 Å². The molecular formula is C12H16ClN5. The Morgan fingerprint density at radius 2 is 1.78 bits per heavy atom. The molecule has 0 aliphatic carbocycles. The first-order valence-corrected chi connectivity index (χ1v) is 6.11. The molecule has 0 aliphatic heterocycles. The Morgan fingerprint density at radius 3 is 2.28 bits per heavy atom. The molecule has 0 spiro atoms. The standard InChI is InChI=1S/C12H16ClN5/c1-7-14-8(2)18(17-7)10-6-9(13)15-11(16-10)12(3,4)5/h6H,1-5H3. The van der Waals surface area contributed by atoms with Gasteiger partial charge in [-0.1, -0.05) is 32.4 Å². The van der Waals surface area contributed by atoms with E-state index in [-0.39, 0.29) is 5.41 Å². The average Bonchev–Trinajstić information content (AvgIpc) is 2.55. The van der Waals surface area contributed by atoms with Crippen molar-refractivity contribution in [2.45, 2.75) is 40.0 Å². The number of aryl methyl sites for hydroxylation is 2. The molecule has 0 saturated heterocycles. The minimum atomic E-state index is -0.164. The molecule has 0 fully saturated rings. The lowest BCUT2D eigenvalue weighted by Gasteiger charge is -2.17. The van der Waals surface area contributed by atoms with Crippen LogP contribution in [0, 0.1) is 13.8 Å². The van der Waals surface area contributed by atoms with Crippen LogP contribution in [0.3, 0.4) is 0 Å². The minimum absolute atomic E-state index is 0.164. The van der Waals surface area contributed by atoms with E-state index in [0.717, 1.165) is 5.82 Å². The van der Waals surface area contributed by atoms with Crippen LogP contribution in [0.25, 0.3) is 5.82 Å². The summed E-state index contributed by atoms with van der Waals surface area (Å²) in [6.45, 7) is 9.86. The summed E-state index contributed by atoms with van der Waals surface area (Å²) in [7, 11) is 0. The smallest absolute Gasteiger partial charge is 0.160 e. The third-order valence-corrected chi connectivity index (χ3v) is 2.64. The Morgan fingerprint density at radius 1 is 1.11 bits per heavy atom. The largest absolute Gasteiger partial charge is 0.220 e. The molecule has 2 rings (SSSR count). The van der Waals surface area contributed by atoms with Gasteiger partial charge in [-0.15, -0.1) is 5.10 Å². The quantitative estimate of drug-likeness (QED) is 0.744. The van der Waals surface area contributed by atoms with E-state index in [1.54, 1.807) is 10.7 Å². The van der Waals surface area contributed by atoms with E-state index in [2.05, 4.69) is 20.1 Å². The van der Waals surface area contributed by atoms with Gasteiger partial charge >= 0.3 is 0 Å². The first-order chi connectivity index (χ1) is 8.27. The highest BCUT2D eigenvalue weighted by Gasteiger charge is 2.20. The van der Waals surface area contributed by atoms with Crippen molar-refractivity contribution >= 4 is 11.6 Å². The molecule has 6 heteroatoms. The average molecular weight is 266 g/mol. The van der Waals surface area contributed by atoms with Gasteiger partial charge in [0.1, 0.15) is 22.6 Å². The zero-order valence-corrected chi connectivity index (χ0v) is 11.9. The molecule has 2 aromatic rings. The van der Waals surface area contributed by atoms with Crippen LogP contribution in [0.2, 0.25) is 5.15 Å². The summed E-state index contributed by atoms with van der Waals surface area (Å²) in [5, 5.41) is 4.72. The second kappa shape index (κ2) is 4.31. The molecule has 0 N–H and O–H groups in total. The monoisotopic (exact) mass is 265 g/mol. The summed E-state index contributed by atoms with van der Waals surface area (Å²) in [6.07, 6.45) is 0. The third kappa shape index (κ3) is 2.51. The summed E-state index contributed by atoms with van der Waals surface area (Å²) < 4.78 is 1.68. The first-order valence-electron chi connectivity index (χ1n) is 5.73. The lowest BCUT2D eigenvalue weighted by molar-refractivity contribution is 0.541. The minimum Gasteiger partial charge on any atom is -0.220 e. The topological polar surface area (TPSA) is 56.5 Å². The molecule has 2 aromatic heterocycles. The van der Waals surface area contributed by atoms with E-state index >= 15 is 0 Å². The second-order valence-electron chi connectivity index (χ2n) is 5.24. The molecule has 18 heavy (non-hydrogen) atoms. The van der Waals surface area contributed by atoms with Gasteiger partial charge in [-0.25, -0.2) is 15.0 Å².